The second kappa shape index (κ2) is 32.2. The van der Waals surface area contributed by atoms with Gasteiger partial charge in [0.1, 0.15) is 0 Å². The summed E-state index contributed by atoms with van der Waals surface area (Å²) >= 11 is 0. The fourth-order valence-electron chi connectivity index (χ4n) is 5.14. The summed E-state index contributed by atoms with van der Waals surface area (Å²) in [5.41, 5.74) is 0. The van der Waals surface area contributed by atoms with Gasteiger partial charge in [0.2, 0.25) is 0 Å². The van der Waals surface area contributed by atoms with Crippen molar-refractivity contribution in [2.24, 2.45) is 17.8 Å². The molecule has 0 fully saturated rings. The second-order valence-electron chi connectivity index (χ2n) is 13.7. The van der Waals surface area contributed by atoms with E-state index in [2.05, 4.69) is 41.5 Å². The van der Waals surface area contributed by atoms with Crippen LogP contribution in [0.1, 0.15) is 196 Å². The van der Waals surface area contributed by atoms with E-state index in [1.54, 1.807) is 0 Å². The fraction of sp³-hybridized carbons (Fsp3) is 1.00. The predicted molar refractivity (Wildman–Crippen MR) is 180 cm³/mol. The summed E-state index contributed by atoms with van der Waals surface area (Å²) in [5.74, 6) is 2.56. The summed E-state index contributed by atoms with van der Waals surface area (Å²) < 4.78 is 18.3. The molecule has 0 unspecified atom stereocenters. The molecule has 3 nitrogen and oxygen atoms in total. The number of unbranched alkanes of at least 4 members (excludes halogenated alkanes) is 18. The summed E-state index contributed by atoms with van der Waals surface area (Å²) in [6.45, 7) is 16.3. The van der Waals surface area contributed by atoms with E-state index in [4.69, 9.17) is 13.6 Å². The molecule has 0 spiro atoms. The molecule has 0 radical (unpaired) electrons. The lowest BCUT2D eigenvalue weighted by Crippen LogP contribution is -2.01. The molecule has 40 heavy (non-hydrogen) atoms. The smallest absolute Gasteiger partial charge is 0.312 e. The van der Waals surface area contributed by atoms with Crippen molar-refractivity contribution in [1.29, 1.82) is 0 Å². The summed E-state index contributed by atoms with van der Waals surface area (Å²) in [6.07, 6.45) is 32.0. The predicted octanol–water partition coefficient (Wildman–Crippen LogP) is 13.6. The molecule has 0 atom stereocenters. The standard InChI is InChI=1S/C36H75O3P/c1-34(2)28-22-16-10-7-13-19-25-31-37-40(38-32-26-20-14-8-11-17-23-29-35(3)4)39-33-27-21-15-9-12-18-24-30-36(5)6/h34-36H,7-33H2,1-6H3. The van der Waals surface area contributed by atoms with Gasteiger partial charge in [0.25, 0.3) is 0 Å². The van der Waals surface area contributed by atoms with Gasteiger partial charge in [0.15, 0.2) is 0 Å². The lowest BCUT2D eigenvalue weighted by atomic mass is 10.0. The van der Waals surface area contributed by atoms with Crippen LogP contribution >= 0.6 is 8.60 Å². The van der Waals surface area contributed by atoms with Gasteiger partial charge >= 0.3 is 8.60 Å². The number of rotatable bonds is 33. The maximum absolute atomic E-state index is 6.12. The van der Waals surface area contributed by atoms with E-state index >= 15 is 0 Å². The first-order chi connectivity index (χ1) is 19.4. The van der Waals surface area contributed by atoms with Crippen molar-refractivity contribution in [2.45, 2.75) is 196 Å². The van der Waals surface area contributed by atoms with Gasteiger partial charge in [-0.2, -0.15) is 0 Å². The maximum atomic E-state index is 6.12. The summed E-state index contributed by atoms with van der Waals surface area (Å²) in [6, 6.07) is 0. The second-order valence-corrected chi connectivity index (χ2v) is 14.9. The quantitative estimate of drug-likeness (QED) is 0.0565. The maximum Gasteiger partial charge on any atom is 0.332 e. The van der Waals surface area contributed by atoms with Gasteiger partial charge in [-0.3, -0.25) is 0 Å². The molecule has 0 aliphatic carbocycles. The van der Waals surface area contributed by atoms with Crippen molar-refractivity contribution in [3.63, 3.8) is 0 Å². The van der Waals surface area contributed by atoms with Crippen LogP contribution in [0.4, 0.5) is 0 Å². The molecule has 0 aromatic rings. The van der Waals surface area contributed by atoms with Crippen molar-refractivity contribution < 1.29 is 13.6 Å². The molecule has 0 saturated heterocycles. The molecule has 0 aromatic heterocycles. The molecule has 0 N–H and O–H groups in total. The third-order valence-electron chi connectivity index (χ3n) is 7.87. The van der Waals surface area contributed by atoms with E-state index in [0.717, 1.165) is 56.8 Å². The van der Waals surface area contributed by atoms with Gasteiger partial charge in [0.05, 0.1) is 19.8 Å². The van der Waals surface area contributed by atoms with Crippen LogP contribution in [0.3, 0.4) is 0 Å². The molecule has 0 bridgehead atoms. The Bertz CT molecular complexity index is 402. The van der Waals surface area contributed by atoms with E-state index in [1.165, 1.54) is 135 Å². The van der Waals surface area contributed by atoms with E-state index in [9.17, 15) is 0 Å². The van der Waals surface area contributed by atoms with E-state index in [0.29, 0.717) is 0 Å². The van der Waals surface area contributed by atoms with E-state index < -0.39 is 8.60 Å². The molecule has 0 aliphatic rings. The van der Waals surface area contributed by atoms with Crippen LogP contribution in [0, 0.1) is 17.8 Å². The first-order valence-corrected chi connectivity index (χ1v) is 19.2. The van der Waals surface area contributed by atoms with Crippen molar-refractivity contribution in [3.05, 3.63) is 0 Å². The number of hydrogen-bond acceptors (Lipinski definition) is 3. The van der Waals surface area contributed by atoms with Crippen LogP contribution in [-0.4, -0.2) is 19.8 Å². The van der Waals surface area contributed by atoms with Gasteiger partial charge in [0, 0.05) is 0 Å². The van der Waals surface area contributed by atoms with Gasteiger partial charge in [-0.15, -0.1) is 0 Å². The molecule has 0 aliphatic heterocycles. The van der Waals surface area contributed by atoms with Crippen molar-refractivity contribution in [1.82, 2.24) is 0 Å². The monoisotopic (exact) mass is 587 g/mol. The Morgan fingerprint density at radius 1 is 0.300 bits per heavy atom. The van der Waals surface area contributed by atoms with E-state index in [-0.39, 0.29) is 0 Å². The topological polar surface area (TPSA) is 27.7 Å². The summed E-state index contributed by atoms with van der Waals surface area (Å²) in [4.78, 5) is 0. The Balaban J connectivity index is 3.93. The minimum Gasteiger partial charge on any atom is -0.312 e. The first-order valence-electron chi connectivity index (χ1n) is 18.1. The molecule has 0 amide bonds. The normalized spacial score (nSPS) is 12.2. The van der Waals surface area contributed by atoms with Crippen LogP contribution in [0.25, 0.3) is 0 Å². The first kappa shape index (κ1) is 40.3. The van der Waals surface area contributed by atoms with Crippen LogP contribution in [-0.2, 0) is 13.6 Å². The molecule has 242 valence electrons. The highest BCUT2D eigenvalue weighted by Crippen LogP contribution is 2.40. The third kappa shape index (κ3) is 34.5. The summed E-state index contributed by atoms with van der Waals surface area (Å²) in [7, 11) is -1.18. The summed E-state index contributed by atoms with van der Waals surface area (Å²) in [5, 5.41) is 0. The molecule has 0 rings (SSSR count). The van der Waals surface area contributed by atoms with Crippen LogP contribution in [0.2, 0.25) is 0 Å². The van der Waals surface area contributed by atoms with Crippen LogP contribution < -0.4 is 0 Å². The Morgan fingerprint density at radius 3 is 0.725 bits per heavy atom. The zero-order chi connectivity index (χ0) is 29.5. The van der Waals surface area contributed by atoms with Crippen molar-refractivity contribution >= 4 is 8.60 Å². The van der Waals surface area contributed by atoms with Gasteiger partial charge in [-0.05, 0) is 37.0 Å². The van der Waals surface area contributed by atoms with E-state index in [1.807, 2.05) is 0 Å². The molecular formula is C36H75O3P. The molecule has 0 saturated carbocycles. The van der Waals surface area contributed by atoms with Crippen molar-refractivity contribution in [2.75, 3.05) is 19.8 Å². The molecular weight excluding hydrogens is 511 g/mol. The average Bonchev–Trinajstić information content (AvgIpc) is 2.90. The molecule has 0 heterocycles. The molecule has 0 aromatic carbocycles. The third-order valence-corrected chi connectivity index (χ3v) is 9.05. The van der Waals surface area contributed by atoms with Crippen molar-refractivity contribution in [3.8, 4) is 0 Å². The minimum absolute atomic E-state index is 0.784. The largest absolute Gasteiger partial charge is 0.332 e. The Hall–Kier alpha value is 0.310. The average molecular weight is 587 g/mol. The fourth-order valence-corrected chi connectivity index (χ4v) is 6.20. The van der Waals surface area contributed by atoms with Gasteiger partial charge in [-0.1, -0.05) is 176 Å². The van der Waals surface area contributed by atoms with Gasteiger partial charge < -0.3 is 13.6 Å². The van der Waals surface area contributed by atoms with Gasteiger partial charge in [-0.25, -0.2) is 0 Å². The highest BCUT2D eigenvalue weighted by Gasteiger charge is 2.12. The SMILES string of the molecule is CC(C)CCCCCCCCCOP(OCCCCCCCCCC(C)C)OCCCCCCCCCC(C)C. The zero-order valence-electron chi connectivity index (χ0n) is 28.5. The Kier molecular flexibility index (Phi) is 32.5. The van der Waals surface area contributed by atoms with Crippen LogP contribution in [0.5, 0.6) is 0 Å². The Morgan fingerprint density at radius 2 is 0.500 bits per heavy atom. The highest BCUT2D eigenvalue weighted by molar-refractivity contribution is 7.41. The number of hydrogen-bond donors (Lipinski definition) is 0. The lowest BCUT2D eigenvalue weighted by molar-refractivity contribution is 0.153. The minimum atomic E-state index is -1.18. The molecule has 4 heteroatoms. The zero-order valence-corrected chi connectivity index (χ0v) is 29.4. The Labute approximate surface area is 255 Å². The lowest BCUT2D eigenvalue weighted by Gasteiger charge is -2.17. The van der Waals surface area contributed by atoms with Crippen LogP contribution in [0.15, 0.2) is 0 Å². The highest BCUT2D eigenvalue weighted by atomic mass is 31.2.